The number of hydrogen-bond acceptors (Lipinski definition) is 5. The molecular formula is C11H8IN5O3. The molecule has 0 aliphatic heterocycles. The Kier molecular flexibility index (Phi) is 4.40. The molecule has 0 fully saturated rings. The van der Waals surface area contributed by atoms with Gasteiger partial charge in [-0.1, -0.05) is 12.1 Å². The number of H-pyrrole nitrogens is 1. The Balaban J connectivity index is 2.04. The predicted octanol–water partition coefficient (Wildman–Crippen LogP) is 1.69. The third kappa shape index (κ3) is 3.38. The van der Waals surface area contributed by atoms with Crippen LogP contribution in [0.5, 0.6) is 0 Å². The number of nitrogens with zero attached hydrogens (tertiary/aromatic N) is 3. The van der Waals surface area contributed by atoms with Crippen LogP contribution in [-0.4, -0.2) is 27.2 Å². The number of carbonyl (C=O) groups excluding carboxylic acids is 1. The van der Waals surface area contributed by atoms with Gasteiger partial charge in [0.1, 0.15) is 5.69 Å². The monoisotopic (exact) mass is 385 g/mol. The second-order valence-electron chi connectivity index (χ2n) is 3.64. The second-order valence-corrected chi connectivity index (χ2v) is 4.81. The normalized spacial score (nSPS) is 10.7. The van der Waals surface area contributed by atoms with Crippen LogP contribution in [0.4, 0.5) is 5.69 Å². The quantitative estimate of drug-likeness (QED) is 0.361. The van der Waals surface area contributed by atoms with E-state index < -0.39 is 10.8 Å². The molecule has 102 valence electrons. The van der Waals surface area contributed by atoms with Gasteiger partial charge in [0, 0.05) is 17.7 Å². The van der Waals surface area contributed by atoms with Crippen molar-refractivity contribution in [1.82, 2.24) is 15.6 Å². The molecule has 8 nitrogen and oxygen atoms in total. The maximum Gasteiger partial charge on any atom is 0.290 e. The van der Waals surface area contributed by atoms with E-state index >= 15 is 0 Å². The van der Waals surface area contributed by atoms with Gasteiger partial charge < -0.3 is 0 Å². The van der Waals surface area contributed by atoms with E-state index in [1.807, 2.05) is 22.6 Å². The van der Waals surface area contributed by atoms with Crippen LogP contribution in [0.2, 0.25) is 0 Å². The van der Waals surface area contributed by atoms with E-state index in [0.29, 0.717) is 14.8 Å². The van der Waals surface area contributed by atoms with Crippen LogP contribution in [-0.2, 0) is 0 Å². The molecule has 0 spiro atoms. The van der Waals surface area contributed by atoms with Crippen LogP contribution in [0.1, 0.15) is 16.1 Å². The number of halogens is 1. The third-order valence-corrected chi connectivity index (χ3v) is 3.10. The van der Waals surface area contributed by atoms with Crippen molar-refractivity contribution in [3.63, 3.8) is 0 Å². The highest BCUT2D eigenvalue weighted by molar-refractivity contribution is 14.1. The summed E-state index contributed by atoms with van der Waals surface area (Å²) in [6.07, 6.45) is 2.84. The van der Waals surface area contributed by atoms with E-state index in [2.05, 4.69) is 20.7 Å². The molecular weight excluding hydrogens is 377 g/mol. The fourth-order valence-electron chi connectivity index (χ4n) is 1.37. The number of aromatic nitrogens is 2. The number of carbonyl (C=O) groups is 1. The molecule has 1 heterocycles. The number of benzene rings is 1. The van der Waals surface area contributed by atoms with Crippen LogP contribution in [0, 0.1) is 13.7 Å². The molecule has 20 heavy (non-hydrogen) atoms. The minimum Gasteiger partial charge on any atom is -0.272 e. The van der Waals surface area contributed by atoms with Crippen molar-refractivity contribution in [2.75, 3.05) is 0 Å². The highest BCUT2D eigenvalue weighted by atomic mass is 127. The van der Waals surface area contributed by atoms with E-state index in [-0.39, 0.29) is 5.69 Å². The van der Waals surface area contributed by atoms with Crippen molar-refractivity contribution in [2.24, 2.45) is 5.10 Å². The third-order valence-electron chi connectivity index (χ3n) is 2.28. The Bertz CT molecular complexity index is 682. The van der Waals surface area contributed by atoms with Gasteiger partial charge in [0.2, 0.25) is 0 Å². The predicted molar refractivity (Wildman–Crippen MR) is 79.5 cm³/mol. The highest BCUT2D eigenvalue weighted by Crippen LogP contribution is 2.11. The summed E-state index contributed by atoms with van der Waals surface area (Å²) < 4.78 is 0.672. The molecule has 0 radical (unpaired) electrons. The molecule has 0 saturated carbocycles. The van der Waals surface area contributed by atoms with E-state index in [1.54, 1.807) is 12.1 Å². The maximum atomic E-state index is 11.7. The van der Waals surface area contributed by atoms with Gasteiger partial charge in [-0.3, -0.25) is 20.0 Å². The molecule has 0 atom stereocenters. The largest absolute Gasteiger partial charge is 0.290 e. The highest BCUT2D eigenvalue weighted by Gasteiger charge is 2.10. The zero-order valence-electron chi connectivity index (χ0n) is 9.91. The number of hydrogen-bond donors (Lipinski definition) is 2. The smallest absolute Gasteiger partial charge is 0.272 e. The van der Waals surface area contributed by atoms with Crippen molar-refractivity contribution in [3.05, 3.63) is 55.4 Å². The van der Waals surface area contributed by atoms with Crippen LogP contribution in [0.15, 0.2) is 35.6 Å². The van der Waals surface area contributed by atoms with Crippen LogP contribution < -0.4 is 5.43 Å². The van der Waals surface area contributed by atoms with Crippen molar-refractivity contribution in [3.8, 4) is 0 Å². The van der Waals surface area contributed by atoms with Crippen molar-refractivity contribution in [2.45, 2.75) is 0 Å². The summed E-state index contributed by atoms with van der Waals surface area (Å²) in [5.74, 6) is -0.436. The summed E-state index contributed by atoms with van der Waals surface area (Å²) in [6.45, 7) is 0. The van der Waals surface area contributed by atoms with Gasteiger partial charge in [0.25, 0.3) is 11.6 Å². The fourth-order valence-corrected chi connectivity index (χ4v) is 1.88. The first-order valence-electron chi connectivity index (χ1n) is 5.34. The number of non-ortho nitro benzene ring substituents is 1. The van der Waals surface area contributed by atoms with E-state index in [4.69, 9.17) is 0 Å². The molecule has 2 N–H and O–H groups in total. The maximum absolute atomic E-state index is 11.7. The Morgan fingerprint density at radius 1 is 1.55 bits per heavy atom. The minimum absolute atomic E-state index is 0.0385. The van der Waals surface area contributed by atoms with Gasteiger partial charge in [-0.25, -0.2) is 5.43 Å². The van der Waals surface area contributed by atoms with Gasteiger partial charge in [-0.15, -0.1) is 0 Å². The van der Waals surface area contributed by atoms with Crippen LogP contribution in [0.25, 0.3) is 0 Å². The molecule has 0 aliphatic rings. The number of nitrogens with one attached hydrogen (secondary N) is 2. The molecule has 0 bridgehead atoms. The standard InChI is InChI=1S/C11H8IN5O3/c12-9-6-14-15-10(9)11(18)16-13-5-7-2-1-3-8(4-7)17(19)20/h1-6H,(H,14,15)(H,16,18). The lowest BCUT2D eigenvalue weighted by molar-refractivity contribution is -0.384. The first kappa shape index (κ1) is 14.1. The van der Waals surface area contributed by atoms with Crippen molar-refractivity contribution < 1.29 is 9.72 Å². The molecule has 0 saturated heterocycles. The summed E-state index contributed by atoms with van der Waals surface area (Å²) in [5.41, 5.74) is 3.09. The first-order valence-corrected chi connectivity index (χ1v) is 6.42. The average molecular weight is 385 g/mol. The van der Waals surface area contributed by atoms with Gasteiger partial charge in [0.05, 0.1) is 20.9 Å². The molecule has 0 unspecified atom stereocenters. The van der Waals surface area contributed by atoms with Crippen LogP contribution in [0.3, 0.4) is 0 Å². The minimum atomic E-state index is -0.497. The van der Waals surface area contributed by atoms with E-state index in [9.17, 15) is 14.9 Å². The molecule has 1 aromatic carbocycles. The molecule has 2 aromatic rings. The summed E-state index contributed by atoms with van der Waals surface area (Å²) >= 11 is 1.96. The summed E-state index contributed by atoms with van der Waals surface area (Å²) in [5, 5.41) is 20.6. The Morgan fingerprint density at radius 3 is 3.00 bits per heavy atom. The lowest BCUT2D eigenvalue weighted by atomic mass is 10.2. The van der Waals surface area contributed by atoms with Gasteiger partial charge in [-0.2, -0.15) is 10.2 Å². The van der Waals surface area contributed by atoms with Crippen molar-refractivity contribution in [1.29, 1.82) is 0 Å². The number of nitro groups is 1. The number of nitro benzene ring substituents is 1. The zero-order chi connectivity index (χ0) is 14.5. The lowest BCUT2D eigenvalue weighted by Gasteiger charge is -1.97. The number of rotatable bonds is 4. The topological polar surface area (TPSA) is 113 Å². The number of aromatic amines is 1. The molecule has 1 amide bonds. The first-order chi connectivity index (χ1) is 9.58. The Hall–Kier alpha value is -2.30. The summed E-state index contributed by atoms with van der Waals surface area (Å²) in [4.78, 5) is 21.8. The van der Waals surface area contributed by atoms with Crippen LogP contribution >= 0.6 is 22.6 Å². The number of hydrazone groups is 1. The van der Waals surface area contributed by atoms with Gasteiger partial charge in [0.15, 0.2) is 0 Å². The number of amides is 1. The van der Waals surface area contributed by atoms with Gasteiger partial charge in [-0.05, 0) is 22.6 Å². The average Bonchev–Trinajstić information content (AvgIpc) is 2.85. The van der Waals surface area contributed by atoms with Gasteiger partial charge >= 0.3 is 0 Å². The lowest BCUT2D eigenvalue weighted by Crippen LogP contribution is -2.19. The summed E-state index contributed by atoms with van der Waals surface area (Å²) in [7, 11) is 0. The molecule has 2 rings (SSSR count). The summed E-state index contributed by atoms with van der Waals surface area (Å²) in [6, 6.07) is 5.92. The van der Waals surface area contributed by atoms with E-state index in [1.165, 1.54) is 24.5 Å². The molecule has 9 heteroatoms. The Morgan fingerprint density at radius 2 is 2.35 bits per heavy atom. The zero-order valence-corrected chi connectivity index (χ0v) is 12.1. The fraction of sp³-hybridized carbons (Fsp3) is 0. The molecule has 1 aromatic heterocycles. The molecule has 0 aliphatic carbocycles. The van der Waals surface area contributed by atoms with E-state index in [0.717, 1.165) is 0 Å². The Labute approximate surface area is 126 Å². The second kappa shape index (κ2) is 6.23. The van der Waals surface area contributed by atoms with Crippen molar-refractivity contribution >= 4 is 40.4 Å². The SMILES string of the molecule is O=C(NN=Cc1cccc([N+](=O)[O-])c1)c1[nH]ncc1I.